The molecule has 0 heterocycles. The van der Waals surface area contributed by atoms with Gasteiger partial charge >= 0.3 is 0 Å². The van der Waals surface area contributed by atoms with Crippen molar-refractivity contribution in [2.24, 2.45) is 0 Å². The summed E-state index contributed by atoms with van der Waals surface area (Å²) >= 11 is 0. The quantitative estimate of drug-likeness (QED) is 0.842. The third-order valence-electron chi connectivity index (χ3n) is 2.17. The topological polar surface area (TPSA) is 29.1 Å². The first-order valence-electron chi connectivity index (χ1n) is 4.90. The predicted molar refractivity (Wildman–Crippen MR) is 69.8 cm³/mol. The van der Waals surface area contributed by atoms with Crippen LogP contribution in [0.15, 0.2) is 60.7 Å². The lowest BCUT2D eigenvalue weighted by atomic mass is 10.4. The van der Waals surface area contributed by atoms with Crippen LogP contribution in [-0.4, -0.2) is 0 Å². The SMILES string of the molecule is O=PNP(c1ccccc1)c1ccccc1. The van der Waals surface area contributed by atoms with Crippen molar-refractivity contribution in [2.75, 3.05) is 0 Å². The van der Waals surface area contributed by atoms with Crippen LogP contribution < -0.4 is 15.5 Å². The molecule has 16 heavy (non-hydrogen) atoms. The van der Waals surface area contributed by atoms with Gasteiger partial charge in [0.25, 0.3) is 0 Å². The summed E-state index contributed by atoms with van der Waals surface area (Å²) in [6.45, 7) is 0. The average Bonchev–Trinajstić information content (AvgIpc) is 2.38. The van der Waals surface area contributed by atoms with E-state index in [1.165, 1.54) is 10.6 Å². The molecule has 0 saturated heterocycles. The van der Waals surface area contributed by atoms with Gasteiger partial charge in [0.15, 0.2) is 0 Å². The van der Waals surface area contributed by atoms with Crippen LogP contribution in [0.5, 0.6) is 0 Å². The maximum atomic E-state index is 10.8. The largest absolute Gasteiger partial charge is 0.256 e. The average molecular weight is 247 g/mol. The van der Waals surface area contributed by atoms with E-state index in [1.54, 1.807) is 0 Å². The summed E-state index contributed by atoms with van der Waals surface area (Å²) in [5, 5.41) is 2.35. The van der Waals surface area contributed by atoms with E-state index in [1.807, 2.05) is 36.4 Å². The second-order valence-corrected chi connectivity index (χ2v) is 5.88. The van der Waals surface area contributed by atoms with Crippen LogP contribution in [0.4, 0.5) is 0 Å². The Morgan fingerprint density at radius 1 is 0.812 bits per heavy atom. The Hall–Kier alpha value is -1.07. The van der Waals surface area contributed by atoms with Crippen molar-refractivity contribution in [2.45, 2.75) is 0 Å². The molecule has 0 unspecified atom stereocenters. The van der Waals surface area contributed by atoms with E-state index in [0.717, 1.165) is 0 Å². The summed E-state index contributed by atoms with van der Waals surface area (Å²) in [5.41, 5.74) is 0. The molecule has 2 aromatic carbocycles. The van der Waals surface area contributed by atoms with E-state index in [0.29, 0.717) is 0 Å². The van der Waals surface area contributed by atoms with Crippen molar-refractivity contribution < 1.29 is 4.57 Å². The molecule has 2 nitrogen and oxygen atoms in total. The lowest BCUT2D eigenvalue weighted by Crippen LogP contribution is -2.17. The molecular weight excluding hydrogens is 236 g/mol. The monoisotopic (exact) mass is 247 g/mol. The van der Waals surface area contributed by atoms with Gasteiger partial charge in [-0.1, -0.05) is 60.7 Å². The van der Waals surface area contributed by atoms with E-state index in [-0.39, 0.29) is 8.61 Å². The highest BCUT2D eigenvalue weighted by Gasteiger charge is 2.12. The zero-order valence-electron chi connectivity index (χ0n) is 8.58. The lowest BCUT2D eigenvalue weighted by molar-refractivity contribution is 0.597. The zero-order chi connectivity index (χ0) is 11.2. The van der Waals surface area contributed by atoms with Crippen molar-refractivity contribution in [1.82, 2.24) is 4.86 Å². The molecule has 2 rings (SSSR count). The van der Waals surface area contributed by atoms with E-state index >= 15 is 0 Å². The van der Waals surface area contributed by atoms with Crippen molar-refractivity contribution in [1.29, 1.82) is 0 Å². The molecule has 0 spiro atoms. The molecule has 0 aliphatic carbocycles. The number of hydrogen-bond acceptors (Lipinski definition) is 1. The highest BCUT2D eigenvalue weighted by molar-refractivity contribution is 7.75. The standard InChI is InChI=1S/C12H11NOP2/c14-15-13-16(11-7-3-1-4-8-11)12-9-5-2-6-10-12/h1-10H,(H,13,14). The van der Waals surface area contributed by atoms with E-state index < -0.39 is 8.07 Å². The van der Waals surface area contributed by atoms with Gasteiger partial charge in [0.2, 0.25) is 8.61 Å². The Morgan fingerprint density at radius 2 is 1.25 bits per heavy atom. The summed E-state index contributed by atoms with van der Waals surface area (Å²) < 4.78 is 10.8. The van der Waals surface area contributed by atoms with Gasteiger partial charge in [0.05, 0.1) is 0 Å². The lowest BCUT2D eigenvalue weighted by Gasteiger charge is -2.15. The Bertz CT molecular complexity index is 408. The van der Waals surface area contributed by atoms with Gasteiger partial charge in [-0.15, -0.1) is 0 Å². The van der Waals surface area contributed by atoms with Crippen molar-refractivity contribution in [3.8, 4) is 0 Å². The minimum atomic E-state index is -0.726. The van der Waals surface area contributed by atoms with Crippen LogP contribution in [-0.2, 0) is 4.57 Å². The number of benzene rings is 2. The maximum Gasteiger partial charge on any atom is 0.250 e. The van der Waals surface area contributed by atoms with E-state index in [4.69, 9.17) is 0 Å². The summed E-state index contributed by atoms with van der Waals surface area (Å²) in [6.07, 6.45) is 0. The second-order valence-electron chi connectivity index (χ2n) is 3.20. The molecule has 1 N–H and O–H groups in total. The minimum absolute atomic E-state index is 0.0269. The smallest absolute Gasteiger partial charge is 0.250 e. The van der Waals surface area contributed by atoms with E-state index in [2.05, 4.69) is 29.1 Å². The molecule has 0 aliphatic rings. The second kappa shape index (κ2) is 5.86. The van der Waals surface area contributed by atoms with Crippen molar-refractivity contribution >= 4 is 27.3 Å². The molecule has 0 bridgehead atoms. The predicted octanol–water partition coefficient (Wildman–Crippen LogP) is 2.83. The van der Waals surface area contributed by atoms with Gasteiger partial charge in [0, 0.05) is 8.07 Å². The van der Waals surface area contributed by atoms with Crippen molar-refractivity contribution in [3.05, 3.63) is 60.7 Å². The third-order valence-corrected chi connectivity index (χ3v) is 4.93. The summed E-state index contributed by atoms with van der Waals surface area (Å²) in [4.78, 5) is 3.00. The van der Waals surface area contributed by atoms with Gasteiger partial charge in [-0.3, -0.25) is 4.57 Å². The molecule has 4 heteroatoms. The highest BCUT2D eigenvalue weighted by atomic mass is 31.2. The van der Waals surface area contributed by atoms with Gasteiger partial charge < -0.3 is 0 Å². The molecule has 0 saturated carbocycles. The molecule has 0 aromatic heterocycles. The van der Waals surface area contributed by atoms with Gasteiger partial charge in [0.1, 0.15) is 0 Å². The Labute approximate surface area is 97.8 Å². The fourth-order valence-corrected chi connectivity index (χ4v) is 3.95. The minimum Gasteiger partial charge on any atom is -0.256 e. The maximum absolute atomic E-state index is 10.8. The van der Waals surface area contributed by atoms with Gasteiger partial charge in [-0.2, -0.15) is 0 Å². The van der Waals surface area contributed by atoms with Crippen LogP contribution in [0.1, 0.15) is 0 Å². The first kappa shape index (κ1) is 11.4. The summed E-state index contributed by atoms with van der Waals surface area (Å²) in [7, 11) is -0.753. The van der Waals surface area contributed by atoms with Crippen LogP contribution in [0, 0.1) is 0 Å². The first-order valence-corrected chi connectivity index (χ1v) is 7.05. The summed E-state index contributed by atoms with van der Waals surface area (Å²) in [6, 6.07) is 20.2. The molecule has 80 valence electrons. The third kappa shape index (κ3) is 2.74. The van der Waals surface area contributed by atoms with Gasteiger partial charge in [-0.05, 0) is 10.6 Å². The van der Waals surface area contributed by atoms with Crippen LogP contribution in [0.25, 0.3) is 0 Å². The molecule has 2 aromatic rings. The van der Waals surface area contributed by atoms with Gasteiger partial charge in [-0.25, -0.2) is 4.86 Å². The van der Waals surface area contributed by atoms with Crippen LogP contribution >= 0.6 is 16.7 Å². The van der Waals surface area contributed by atoms with Crippen molar-refractivity contribution in [3.63, 3.8) is 0 Å². The molecule has 0 amide bonds. The number of nitrogens with one attached hydrogen (secondary N) is 1. The number of rotatable bonds is 4. The van der Waals surface area contributed by atoms with Crippen LogP contribution in [0.3, 0.4) is 0 Å². The Balaban J connectivity index is 2.35. The molecular formula is C12H11NOP2. The number of hydrogen-bond donors (Lipinski definition) is 1. The first-order chi connectivity index (χ1) is 7.92. The molecule has 0 aliphatic heterocycles. The highest BCUT2D eigenvalue weighted by Crippen LogP contribution is 2.30. The molecule has 0 fully saturated rings. The van der Waals surface area contributed by atoms with Crippen LogP contribution in [0.2, 0.25) is 0 Å². The normalized spacial score (nSPS) is 10.8. The zero-order valence-corrected chi connectivity index (χ0v) is 10.4. The van der Waals surface area contributed by atoms with E-state index in [9.17, 15) is 4.57 Å². The molecule has 0 atom stereocenters. The molecule has 0 radical (unpaired) electrons. The summed E-state index contributed by atoms with van der Waals surface area (Å²) in [5.74, 6) is 0. The Kier molecular flexibility index (Phi) is 4.18. The fourth-order valence-electron chi connectivity index (χ4n) is 1.46. The fraction of sp³-hybridized carbons (Fsp3) is 0. The Morgan fingerprint density at radius 3 is 1.62 bits per heavy atom.